The van der Waals surface area contributed by atoms with E-state index in [0.717, 1.165) is 0 Å². The van der Waals surface area contributed by atoms with Gasteiger partial charge in [0.25, 0.3) is 0 Å². The molecule has 4 nitrogen and oxygen atoms in total. The normalized spacial score (nSPS) is 13.3. The largest absolute Gasteiger partial charge is 0.455 e. The van der Waals surface area contributed by atoms with E-state index in [-0.39, 0.29) is 17.8 Å². The van der Waals surface area contributed by atoms with Crippen molar-refractivity contribution >= 4 is 11.9 Å². The molecule has 0 heterocycles. The van der Waals surface area contributed by atoms with Crippen LogP contribution in [0.15, 0.2) is 12.2 Å². The van der Waals surface area contributed by atoms with Crippen molar-refractivity contribution < 1.29 is 19.1 Å². The summed E-state index contributed by atoms with van der Waals surface area (Å²) in [5.41, 5.74) is -0.544. The van der Waals surface area contributed by atoms with Crippen molar-refractivity contribution in [2.24, 2.45) is 11.8 Å². The molecular weight excluding hydrogens is 244 g/mol. The molecular formula is C15H26O4. The Morgan fingerprint density at radius 2 is 1.58 bits per heavy atom. The molecule has 0 spiro atoms. The van der Waals surface area contributed by atoms with Gasteiger partial charge < -0.3 is 9.47 Å². The lowest BCUT2D eigenvalue weighted by Crippen LogP contribution is -2.47. The van der Waals surface area contributed by atoms with Gasteiger partial charge in [0.2, 0.25) is 0 Å². The first-order valence-corrected chi connectivity index (χ1v) is 6.58. The highest BCUT2D eigenvalue weighted by molar-refractivity contribution is 5.87. The van der Waals surface area contributed by atoms with E-state index in [2.05, 4.69) is 6.58 Å². The van der Waals surface area contributed by atoms with Crippen molar-refractivity contribution in [3.05, 3.63) is 12.2 Å². The van der Waals surface area contributed by atoms with Crippen LogP contribution in [-0.2, 0) is 19.1 Å². The van der Waals surface area contributed by atoms with Crippen LogP contribution < -0.4 is 0 Å². The molecule has 0 fully saturated rings. The fourth-order valence-electron chi connectivity index (χ4n) is 1.73. The molecule has 0 rings (SSSR count). The first-order valence-electron chi connectivity index (χ1n) is 6.58. The highest BCUT2D eigenvalue weighted by atomic mass is 16.6. The van der Waals surface area contributed by atoms with Gasteiger partial charge in [-0.2, -0.15) is 0 Å². The maximum atomic E-state index is 11.7. The molecule has 0 bridgehead atoms. The Morgan fingerprint density at radius 1 is 1.11 bits per heavy atom. The minimum atomic E-state index is -0.874. The van der Waals surface area contributed by atoms with E-state index >= 15 is 0 Å². The topological polar surface area (TPSA) is 52.6 Å². The number of ether oxygens (including phenoxy) is 2. The lowest BCUT2D eigenvalue weighted by atomic mass is 9.91. The quantitative estimate of drug-likeness (QED) is 0.549. The van der Waals surface area contributed by atoms with E-state index in [1.54, 1.807) is 34.6 Å². The van der Waals surface area contributed by atoms with Gasteiger partial charge in [0.05, 0.1) is 5.92 Å². The maximum Gasteiger partial charge on any atom is 0.333 e. The van der Waals surface area contributed by atoms with Gasteiger partial charge in [-0.1, -0.05) is 34.3 Å². The molecule has 0 amide bonds. The number of hydrogen-bond acceptors (Lipinski definition) is 4. The van der Waals surface area contributed by atoms with Gasteiger partial charge in [0.15, 0.2) is 0 Å². The predicted octanol–water partition coefficient (Wildman–Crippen LogP) is 3.11. The fraction of sp³-hybridized carbons (Fsp3) is 0.733. The lowest BCUT2D eigenvalue weighted by molar-refractivity contribution is -0.186. The molecule has 1 atom stereocenters. The van der Waals surface area contributed by atoms with Crippen molar-refractivity contribution in [1.82, 2.24) is 0 Å². The van der Waals surface area contributed by atoms with Crippen molar-refractivity contribution in [1.29, 1.82) is 0 Å². The summed E-state index contributed by atoms with van der Waals surface area (Å²) in [6.45, 7) is 16.0. The van der Waals surface area contributed by atoms with Crippen molar-refractivity contribution in [2.75, 3.05) is 0 Å². The number of carbonyl (C=O) groups is 2. The zero-order chi connectivity index (χ0) is 15.4. The van der Waals surface area contributed by atoms with Gasteiger partial charge in [-0.25, -0.2) is 4.79 Å². The van der Waals surface area contributed by atoms with Crippen molar-refractivity contribution in [2.45, 2.75) is 60.2 Å². The Hall–Kier alpha value is -1.32. The summed E-state index contributed by atoms with van der Waals surface area (Å²) in [5.74, 6) is -0.961. The van der Waals surface area contributed by atoms with Gasteiger partial charge in [0.1, 0.15) is 11.7 Å². The first kappa shape index (κ1) is 17.7. The molecule has 0 aromatic heterocycles. The molecule has 0 aliphatic carbocycles. The minimum absolute atomic E-state index is 0.0262. The van der Waals surface area contributed by atoms with E-state index in [0.29, 0.717) is 5.57 Å². The van der Waals surface area contributed by atoms with Crippen LogP contribution in [0.1, 0.15) is 48.5 Å². The second kappa shape index (κ2) is 6.73. The average Bonchev–Trinajstić information content (AvgIpc) is 2.23. The summed E-state index contributed by atoms with van der Waals surface area (Å²) in [6.07, 6.45) is -0.514. The van der Waals surface area contributed by atoms with Gasteiger partial charge in [0, 0.05) is 5.57 Å². The van der Waals surface area contributed by atoms with Crippen LogP contribution in [0, 0.1) is 11.8 Å². The Morgan fingerprint density at radius 3 is 1.89 bits per heavy atom. The third-order valence-electron chi connectivity index (χ3n) is 2.71. The summed E-state index contributed by atoms with van der Waals surface area (Å²) >= 11 is 0. The molecule has 0 aromatic rings. The highest BCUT2D eigenvalue weighted by Crippen LogP contribution is 2.26. The number of rotatable bonds is 6. The van der Waals surface area contributed by atoms with Crippen molar-refractivity contribution in [3.63, 3.8) is 0 Å². The maximum absolute atomic E-state index is 11.7. The van der Waals surface area contributed by atoms with Crippen LogP contribution in [-0.4, -0.2) is 23.6 Å². The van der Waals surface area contributed by atoms with E-state index in [4.69, 9.17) is 9.47 Å². The second-order valence-corrected chi connectivity index (χ2v) is 6.03. The van der Waals surface area contributed by atoms with E-state index in [1.165, 1.54) is 0 Å². The Bertz CT molecular complexity index is 353. The fourth-order valence-corrected chi connectivity index (χ4v) is 1.73. The van der Waals surface area contributed by atoms with Crippen LogP contribution in [0.5, 0.6) is 0 Å². The van der Waals surface area contributed by atoms with Gasteiger partial charge in [-0.15, -0.1) is 0 Å². The number of hydrogen-bond donors (Lipinski definition) is 0. The number of carbonyl (C=O) groups excluding carboxylic acids is 2. The van der Waals surface area contributed by atoms with E-state index in [1.807, 2.05) is 13.8 Å². The summed E-state index contributed by atoms with van der Waals surface area (Å²) in [7, 11) is 0. The Balaban J connectivity index is 5.00. The van der Waals surface area contributed by atoms with Gasteiger partial charge in [-0.3, -0.25) is 4.79 Å². The van der Waals surface area contributed by atoms with E-state index in [9.17, 15) is 9.59 Å². The molecule has 19 heavy (non-hydrogen) atoms. The predicted molar refractivity (Wildman–Crippen MR) is 74.5 cm³/mol. The van der Waals surface area contributed by atoms with Gasteiger partial charge in [-0.05, 0) is 26.7 Å². The second-order valence-electron chi connectivity index (χ2n) is 6.03. The van der Waals surface area contributed by atoms with Crippen molar-refractivity contribution in [3.8, 4) is 0 Å². The third-order valence-corrected chi connectivity index (χ3v) is 2.71. The monoisotopic (exact) mass is 270 g/mol. The molecule has 0 saturated heterocycles. The summed E-state index contributed by atoms with van der Waals surface area (Å²) in [5, 5.41) is 0. The van der Waals surface area contributed by atoms with Crippen LogP contribution in [0.2, 0.25) is 0 Å². The molecule has 0 N–H and O–H groups in total. The summed E-state index contributed by atoms with van der Waals surface area (Å²) in [4.78, 5) is 23.4. The molecule has 0 saturated carbocycles. The highest BCUT2D eigenvalue weighted by Gasteiger charge is 2.39. The molecule has 0 radical (unpaired) electrons. The smallest absolute Gasteiger partial charge is 0.333 e. The summed E-state index contributed by atoms with van der Waals surface area (Å²) in [6, 6.07) is 0. The zero-order valence-electron chi connectivity index (χ0n) is 13.1. The summed E-state index contributed by atoms with van der Waals surface area (Å²) < 4.78 is 10.9. The minimum Gasteiger partial charge on any atom is -0.455 e. The standard InChI is InChI=1S/C15H26O4/c1-9(2)12(18-13(16)10(3)4)15(7,8)19-14(17)11(5)6/h9,11-12H,3H2,1-2,4-8H3. The van der Waals surface area contributed by atoms with Crippen LogP contribution in [0.4, 0.5) is 0 Å². The Kier molecular flexibility index (Phi) is 6.27. The molecule has 110 valence electrons. The number of esters is 2. The molecule has 0 aliphatic rings. The first-order chi connectivity index (χ1) is 8.49. The van der Waals surface area contributed by atoms with Crippen LogP contribution in [0.3, 0.4) is 0 Å². The third kappa shape index (κ3) is 5.45. The SMILES string of the molecule is C=C(C)C(=O)OC(C(C)C)C(C)(C)OC(=O)C(C)C. The van der Waals surface area contributed by atoms with Crippen LogP contribution >= 0.6 is 0 Å². The molecule has 0 aromatic carbocycles. The molecule has 1 unspecified atom stereocenters. The van der Waals surface area contributed by atoms with Crippen LogP contribution in [0.25, 0.3) is 0 Å². The Labute approximate surface area is 116 Å². The van der Waals surface area contributed by atoms with Gasteiger partial charge >= 0.3 is 11.9 Å². The zero-order valence-corrected chi connectivity index (χ0v) is 13.1. The molecule has 0 aliphatic heterocycles. The van der Waals surface area contributed by atoms with E-state index < -0.39 is 17.7 Å². The average molecular weight is 270 g/mol. The lowest BCUT2D eigenvalue weighted by Gasteiger charge is -2.36. The molecule has 4 heteroatoms.